The highest BCUT2D eigenvalue weighted by molar-refractivity contribution is 7.91. The first-order valence-electron chi connectivity index (χ1n) is 6.46. The molecule has 0 bridgehead atoms. The molecular formula is C14H16N2O4S2. The Kier molecular flexibility index (Phi) is 5.30. The zero-order chi connectivity index (χ0) is 16.2. The normalized spacial score (nSPS) is 11.4. The summed E-state index contributed by atoms with van der Waals surface area (Å²) in [4.78, 5) is 12.8. The molecule has 0 unspecified atom stereocenters. The average molecular weight is 340 g/mol. The Labute approximate surface area is 132 Å². The second kappa shape index (κ2) is 7.01. The minimum atomic E-state index is -3.45. The van der Waals surface area contributed by atoms with Crippen LogP contribution in [0.2, 0.25) is 0 Å². The van der Waals surface area contributed by atoms with E-state index < -0.39 is 10.0 Å². The van der Waals surface area contributed by atoms with Gasteiger partial charge in [0.05, 0.1) is 13.2 Å². The van der Waals surface area contributed by atoms with E-state index in [9.17, 15) is 13.2 Å². The van der Waals surface area contributed by atoms with Crippen LogP contribution >= 0.6 is 11.3 Å². The van der Waals surface area contributed by atoms with Gasteiger partial charge in [-0.3, -0.25) is 4.79 Å². The van der Waals surface area contributed by atoms with E-state index >= 15 is 0 Å². The number of sulfonamides is 1. The Balaban J connectivity index is 2.02. The zero-order valence-electron chi connectivity index (χ0n) is 11.9. The van der Waals surface area contributed by atoms with Crippen molar-refractivity contribution < 1.29 is 18.3 Å². The Morgan fingerprint density at radius 2 is 2.05 bits per heavy atom. The van der Waals surface area contributed by atoms with Crippen LogP contribution in [0.25, 0.3) is 0 Å². The number of hydrogen-bond donors (Lipinski definition) is 3. The van der Waals surface area contributed by atoms with Crippen LogP contribution in [-0.2, 0) is 23.2 Å². The molecule has 1 aromatic carbocycles. The van der Waals surface area contributed by atoms with Crippen molar-refractivity contribution in [2.24, 2.45) is 0 Å². The topological polar surface area (TPSA) is 95.5 Å². The summed E-state index contributed by atoms with van der Waals surface area (Å²) in [7, 11) is -2.10. The van der Waals surface area contributed by atoms with Gasteiger partial charge in [-0.1, -0.05) is 12.1 Å². The molecule has 2 rings (SSSR count). The molecule has 8 heteroatoms. The van der Waals surface area contributed by atoms with Crippen molar-refractivity contribution in [3.63, 3.8) is 0 Å². The first kappa shape index (κ1) is 16.6. The molecule has 0 spiro atoms. The minimum Gasteiger partial charge on any atom is -0.392 e. The lowest BCUT2D eigenvalue weighted by molar-refractivity contribution is 0.0951. The summed E-state index contributed by atoms with van der Waals surface area (Å²) < 4.78 is 25.7. The smallest absolute Gasteiger partial charge is 0.251 e. The highest BCUT2D eigenvalue weighted by atomic mass is 32.2. The van der Waals surface area contributed by atoms with Crippen molar-refractivity contribution in [3.05, 3.63) is 52.4 Å². The molecule has 1 heterocycles. The number of nitrogens with one attached hydrogen (secondary N) is 2. The second-order valence-electron chi connectivity index (χ2n) is 4.47. The van der Waals surface area contributed by atoms with Gasteiger partial charge in [-0.2, -0.15) is 0 Å². The molecule has 0 radical (unpaired) electrons. The van der Waals surface area contributed by atoms with Crippen LogP contribution in [0.15, 0.2) is 40.6 Å². The number of carbonyl (C=O) groups is 1. The fraction of sp³-hybridized carbons (Fsp3) is 0.214. The third kappa shape index (κ3) is 3.92. The quantitative estimate of drug-likeness (QED) is 0.733. The van der Waals surface area contributed by atoms with E-state index in [1.54, 1.807) is 30.3 Å². The molecule has 0 saturated carbocycles. The number of hydrogen-bond acceptors (Lipinski definition) is 5. The van der Waals surface area contributed by atoms with E-state index in [2.05, 4.69) is 10.0 Å². The molecule has 0 aliphatic rings. The number of aliphatic hydroxyl groups excluding tert-OH is 1. The van der Waals surface area contributed by atoms with Crippen molar-refractivity contribution in [3.8, 4) is 0 Å². The SMILES string of the molecule is CNS(=O)(=O)c1ccc(CNC(=O)c2cccc(CO)c2)s1. The van der Waals surface area contributed by atoms with E-state index in [1.165, 1.54) is 13.1 Å². The van der Waals surface area contributed by atoms with Crippen molar-refractivity contribution in [1.82, 2.24) is 10.0 Å². The highest BCUT2D eigenvalue weighted by Crippen LogP contribution is 2.21. The van der Waals surface area contributed by atoms with Gasteiger partial charge < -0.3 is 10.4 Å². The lowest BCUT2D eigenvalue weighted by Crippen LogP contribution is -2.22. The average Bonchev–Trinajstić information content (AvgIpc) is 3.02. The summed E-state index contributed by atoms with van der Waals surface area (Å²) in [5, 5.41) is 11.8. The fourth-order valence-corrected chi connectivity index (χ4v) is 3.91. The predicted molar refractivity (Wildman–Crippen MR) is 84.1 cm³/mol. The molecule has 0 fully saturated rings. The van der Waals surface area contributed by atoms with Crippen LogP contribution in [0, 0.1) is 0 Å². The van der Waals surface area contributed by atoms with E-state index in [4.69, 9.17) is 5.11 Å². The van der Waals surface area contributed by atoms with Gasteiger partial charge in [-0.05, 0) is 36.9 Å². The first-order chi connectivity index (χ1) is 10.5. The van der Waals surface area contributed by atoms with E-state index in [-0.39, 0.29) is 23.3 Å². The number of aliphatic hydroxyl groups is 1. The maximum atomic E-state index is 12.0. The summed E-state index contributed by atoms with van der Waals surface area (Å²) in [6.45, 7) is 0.114. The lowest BCUT2D eigenvalue weighted by atomic mass is 10.1. The van der Waals surface area contributed by atoms with Gasteiger partial charge in [0.2, 0.25) is 10.0 Å². The van der Waals surface area contributed by atoms with Gasteiger partial charge in [-0.25, -0.2) is 13.1 Å². The Morgan fingerprint density at radius 1 is 1.27 bits per heavy atom. The van der Waals surface area contributed by atoms with Gasteiger partial charge in [0, 0.05) is 10.4 Å². The molecule has 1 amide bonds. The highest BCUT2D eigenvalue weighted by Gasteiger charge is 2.14. The van der Waals surface area contributed by atoms with Crippen LogP contribution in [-0.4, -0.2) is 26.5 Å². The Bertz CT molecular complexity index is 769. The van der Waals surface area contributed by atoms with E-state index in [0.29, 0.717) is 11.1 Å². The fourth-order valence-electron chi connectivity index (χ4n) is 1.78. The molecule has 0 saturated heterocycles. The standard InChI is InChI=1S/C14H16N2O4S2/c1-15-22(19,20)13-6-5-12(21-13)8-16-14(18)11-4-2-3-10(7-11)9-17/h2-7,15,17H,8-9H2,1H3,(H,16,18). The van der Waals surface area contributed by atoms with Crippen molar-refractivity contribution in [1.29, 1.82) is 0 Å². The van der Waals surface area contributed by atoms with Gasteiger partial charge in [0.1, 0.15) is 4.21 Å². The van der Waals surface area contributed by atoms with Crippen LogP contribution in [0.4, 0.5) is 0 Å². The molecule has 0 atom stereocenters. The molecule has 22 heavy (non-hydrogen) atoms. The maximum absolute atomic E-state index is 12.0. The van der Waals surface area contributed by atoms with Gasteiger partial charge in [0.15, 0.2) is 0 Å². The largest absolute Gasteiger partial charge is 0.392 e. The molecular weight excluding hydrogens is 324 g/mol. The van der Waals surface area contributed by atoms with E-state index in [1.807, 2.05) is 0 Å². The number of amides is 1. The summed E-state index contributed by atoms with van der Waals surface area (Å²) >= 11 is 1.10. The predicted octanol–water partition coefficient (Wildman–Crippen LogP) is 1.08. The molecule has 3 N–H and O–H groups in total. The van der Waals surface area contributed by atoms with Crippen molar-refractivity contribution in [2.75, 3.05) is 7.05 Å². The summed E-state index contributed by atoms with van der Waals surface area (Å²) in [5.74, 6) is -0.276. The summed E-state index contributed by atoms with van der Waals surface area (Å²) in [6.07, 6.45) is 0. The molecule has 0 aliphatic heterocycles. The zero-order valence-corrected chi connectivity index (χ0v) is 13.5. The second-order valence-corrected chi connectivity index (χ2v) is 7.75. The van der Waals surface area contributed by atoms with Gasteiger partial charge in [0.25, 0.3) is 5.91 Å². The minimum absolute atomic E-state index is 0.128. The van der Waals surface area contributed by atoms with Crippen LogP contribution < -0.4 is 10.0 Å². The van der Waals surface area contributed by atoms with Crippen LogP contribution in [0.5, 0.6) is 0 Å². The molecule has 118 valence electrons. The molecule has 1 aromatic heterocycles. The van der Waals surface area contributed by atoms with Gasteiger partial charge in [-0.15, -0.1) is 11.3 Å². The maximum Gasteiger partial charge on any atom is 0.251 e. The first-order valence-corrected chi connectivity index (χ1v) is 8.76. The summed E-state index contributed by atoms with van der Waals surface area (Å²) in [6, 6.07) is 9.86. The summed E-state index contributed by atoms with van der Waals surface area (Å²) in [5.41, 5.74) is 1.11. The Hall–Kier alpha value is -1.74. The third-order valence-electron chi connectivity index (χ3n) is 2.97. The molecule has 0 aliphatic carbocycles. The van der Waals surface area contributed by atoms with Crippen LogP contribution in [0.1, 0.15) is 20.8 Å². The lowest BCUT2D eigenvalue weighted by Gasteiger charge is -2.05. The van der Waals surface area contributed by atoms with Crippen LogP contribution in [0.3, 0.4) is 0 Å². The van der Waals surface area contributed by atoms with Crippen molar-refractivity contribution in [2.45, 2.75) is 17.4 Å². The van der Waals surface area contributed by atoms with E-state index in [0.717, 1.165) is 16.2 Å². The Morgan fingerprint density at radius 3 is 2.73 bits per heavy atom. The molecule has 6 nitrogen and oxygen atoms in total. The number of thiophene rings is 1. The monoisotopic (exact) mass is 340 g/mol. The number of rotatable bonds is 6. The number of carbonyl (C=O) groups excluding carboxylic acids is 1. The molecule has 2 aromatic rings. The third-order valence-corrected chi connectivity index (χ3v) is 5.96. The number of benzene rings is 1. The van der Waals surface area contributed by atoms with Gasteiger partial charge >= 0.3 is 0 Å². The van der Waals surface area contributed by atoms with Crippen molar-refractivity contribution >= 4 is 27.3 Å².